The van der Waals surface area contributed by atoms with E-state index < -0.39 is 0 Å². The van der Waals surface area contributed by atoms with Crippen molar-refractivity contribution >= 4 is 10.9 Å². The zero-order valence-corrected chi connectivity index (χ0v) is 20.0. The van der Waals surface area contributed by atoms with Crippen LogP contribution in [0.1, 0.15) is 46.1 Å². The normalized spacial score (nSPS) is 11.8. The Labute approximate surface area is 195 Å². The molecule has 7 nitrogen and oxygen atoms in total. The number of H-pyrrole nitrogens is 1. The number of nitrogens with one attached hydrogen (secondary N) is 1. The second-order valence-electron chi connectivity index (χ2n) is 9.55. The number of rotatable bonds is 10. The lowest BCUT2D eigenvalue weighted by Crippen LogP contribution is -2.14. The molecule has 2 aromatic heterocycles. The monoisotopic (exact) mass is 447 g/mol. The lowest BCUT2D eigenvalue weighted by molar-refractivity contribution is 0.246. The van der Waals surface area contributed by atoms with Crippen LogP contribution in [0.25, 0.3) is 22.3 Å². The molecule has 0 unspecified atom stereocenters. The summed E-state index contributed by atoms with van der Waals surface area (Å²) in [6.07, 6.45) is 5.11. The number of hydrogen-bond acceptors (Lipinski definition) is 5. The quantitative estimate of drug-likeness (QED) is 0.317. The summed E-state index contributed by atoms with van der Waals surface area (Å²) in [5.41, 5.74) is 3.75. The molecule has 0 bridgehead atoms. The van der Waals surface area contributed by atoms with Gasteiger partial charge >= 0.3 is 0 Å². The molecule has 0 spiro atoms. The lowest BCUT2D eigenvalue weighted by atomic mass is 9.97. The van der Waals surface area contributed by atoms with Crippen molar-refractivity contribution in [1.82, 2.24) is 25.2 Å². The molecule has 2 aromatic carbocycles. The fourth-order valence-corrected chi connectivity index (χ4v) is 4.03. The van der Waals surface area contributed by atoms with E-state index in [0.29, 0.717) is 19.0 Å². The molecule has 2 heterocycles. The Morgan fingerprint density at radius 3 is 2.45 bits per heavy atom. The largest absolute Gasteiger partial charge is 0.493 e. The highest BCUT2D eigenvalue weighted by molar-refractivity contribution is 5.86. The van der Waals surface area contributed by atoms with E-state index in [-0.39, 0.29) is 5.41 Å². The predicted octanol–water partition coefficient (Wildman–Crippen LogP) is 5.67. The van der Waals surface area contributed by atoms with E-state index in [1.807, 2.05) is 24.3 Å². The number of aromatic amines is 1. The minimum absolute atomic E-state index is 0.236. The van der Waals surface area contributed by atoms with Crippen molar-refractivity contribution in [3.05, 3.63) is 54.2 Å². The summed E-state index contributed by atoms with van der Waals surface area (Å²) in [6.45, 7) is 11.2. The molecule has 0 radical (unpaired) electrons. The van der Waals surface area contributed by atoms with Crippen molar-refractivity contribution in [2.75, 3.05) is 13.2 Å². The Bertz CT molecular complexity index is 1160. The molecule has 0 saturated carbocycles. The Kier molecular flexibility index (Phi) is 6.96. The highest BCUT2D eigenvalue weighted by Gasteiger charge is 2.16. The van der Waals surface area contributed by atoms with E-state index >= 15 is 0 Å². The number of nitrogens with zero attached hydrogens (tertiary/aromatic N) is 4. The molecule has 0 atom stereocenters. The third-order valence-corrected chi connectivity index (χ3v) is 5.45. The van der Waals surface area contributed by atoms with Crippen LogP contribution >= 0.6 is 0 Å². The summed E-state index contributed by atoms with van der Waals surface area (Å²) in [7, 11) is 0. The van der Waals surface area contributed by atoms with Crippen molar-refractivity contribution < 1.29 is 9.47 Å². The van der Waals surface area contributed by atoms with Gasteiger partial charge in [0.1, 0.15) is 11.5 Å². The standard InChI is InChI=1S/C26H33N5O2/c1-5-7-22-21-14-15-31(18-26(2,3)4)23(21)12-13-24(22)33-17-6-16-32-20-10-8-19(9-11-20)25-27-29-30-28-25/h8-15H,5-7,16-18H2,1-4H3,(H,27,28,29,30). The number of aryl methyl sites for hydroxylation is 1. The third-order valence-electron chi connectivity index (χ3n) is 5.45. The molecule has 0 saturated heterocycles. The fourth-order valence-electron chi connectivity index (χ4n) is 4.03. The smallest absolute Gasteiger partial charge is 0.179 e. The topological polar surface area (TPSA) is 77.8 Å². The van der Waals surface area contributed by atoms with Crippen LogP contribution in [0.3, 0.4) is 0 Å². The molecule has 7 heteroatoms. The van der Waals surface area contributed by atoms with Crippen molar-refractivity contribution in [2.24, 2.45) is 5.41 Å². The first-order chi connectivity index (χ1) is 15.9. The first-order valence-corrected chi connectivity index (χ1v) is 11.6. The SMILES string of the molecule is CCCc1c(OCCCOc2ccc(-c3nnn[nH]3)cc2)ccc2c1ccn2CC(C)(C)C. The molecule has 0 aliphatic rings. The van der Waals surface area contributed by atoms with Gasteiger partial charge in [-0.1, -0.05) is 34.1 Å². The maximum absolute atomic E-state index is 6.20. The molecule has 174 valence electrons. The van der Waals surface area contributed by atoms with Gasteiger partial charge in [-0.05, 0) is 64.7 Å². The highest BCUT2D eigenvalue weighted by atomic mass is 16.5. The van der Waals surface area contributed by atoms with Crippen LogP contribution in [0.15, 0.2) is 48.7 Å². The number of tetrazole rings is 1. The summed E-state index contributed by atoms with van der Waals surface area (Å²) in [4.78, 5) is 0. The summed E-state index contributed by atoms with van der Waals surface area (Å²) in [6, 6.07) is 14.3. The summed E-state index contributed by atoms with van der Waals surface area (Å²) >= 11 is 0. The zero-order chi connectivity index (χ0) is 23.3. The zero-order valence-electron chi connectivity index (χ0n) is 20.0. The van der Waals surface area contributed by atoms with Gasteiger partial charge in [-0.15, -0.1) is 5.10 Å². The fraction of sp³-hybridized carbons (Fsp3) is 0.423. The van der Waals surface area contributed by atoms with Gasteiger partial charge < -0.3 is 14.0 Å². The van der Waals surface area contributed by atoms with Gasteiger partial charge in [-0.25, -0.2) is 5.10 Å². The lowest BCUT2D eigenvalue weighted by Gasteiger charge is -2.20. The van der Waals surface area contributed by atoms with Crippen LogP contribution in [0.5, 0.6) is 11.5 Å². The highest BCUT2D eigenvalue weighted by Crippen LogP contribution is 2.32. The van der Waals surface area contributed by atoms with Crippen LogP contribution in [0.4, 0.5) is 0 Å². The average Bonchev–Trinajstić information content (AvgIpc) is 3.45. The van der Waals surface area contributed by atoms with Crippen molar-refractivity contribution in [3.63, 3.8) is 0 Å². The third kappa shape index (κ3) is 5.72. The summed E-state index contributed by atoms with van der Waals surface area (Å²) in [5.74, 6) is 2.45. The van der Waals surface area contributed by atoms with Gasteiger partial charge in [0.2, 0.25) is 0 Å². The molecule has 4 rings (SSSR count). The van der Waals surface area contributed by atoms with Gasteiger partial charge in [-0.2, -0.15) is 0 Å². The van der Waals surface area contributed by atoms with Crippen LogP contribution in [-0.4, -0.2) is 38.4 Å². The van der Waals surface area contributed by atoms with E-state index in [1.165, 1.54) is 16.5 Å². The van der Waals surface area contributed by atoms with Gasteiger partial charge in [0, 0.05) is 41.2 Å². The Morgan fingerprint density at radius 2 is 1.76 bits per heavy atom. The van der Waals surface area contributed by atoms with Gasteiger partial charge in [-0.3, -0.25) is 0 Å². The second-order valence-corrected chi connectivity index (χ2v) is 9.55. The van der Waals surface area contributed by atoms with Crippen LogP contribution in [0, 0.1) is 5.41 Å². The van der Waals surface area contributed by atoms with Crippen LogP contribution < -0.4 is 9.47 Å². The van der Waals surface area contributed by atoms with Crippen molar-refractivity contribution in [3.8, 4) is 22.9 Å². The predicted molar refractivity (Wildman–Crippen MR) is 131 cm³/mol. The molecule has 0 aliphatic heterocycles. The van der Waals surface area contributed by atoms with Crippen molar-refractivity contribution in [1.29, 1.82) is 0 Å². The Morgan fingerprint density at radius 1 is 0.970 bits per heavy atom. The summed E-state index contributed by atoms with van der Waals surface area (Å²) in [5, 5.41) is 15.2. The molecule has 0 amide bonds. The first-order valence-electron chi connectivity index (χ1n) is 11.6. The number of benzene rings is 2. The molecular weight excluding hydrogens is 414 g/mol. The molecule has 4 aromatic rings. The van der Waals surface area contributed by atoms with Gasteiger partial charge in [0.05, 0.1) is 13.2 Å². The minimum atomic E-state index is 0.236. The van der Waals surface area contributed by atoms with E-state index in [1.54, 1.807) is 0 Å². The number of fused-ring (bicyclic) bond motifs is 1. The van der Waals surface area contributed by atoms with Crippen LogP contribution in [-0.2, 0) is 13.0 Å². The van der Waals surface area contributed by atoms with E-state index in [2.05, 4.69) is 77.3 Å². The molecule has 1 N–H and O–H groups in total. The van der Waals surface area contributed by atoms with Gasteiger partial charge in [0.15, 0.2) is 5.82 Å². The first kappa shape index (κ1) is 22.8. The maximum Gasteiger partial charge on any atom is 0.179 e. The Hall–Kier alpha value is -3.35. The number of aromatic nitrogens is 5. The molecular formula is C26H33N5O2. The second kappa shape index (κ2) is 10.1. The maximum atomic E-state index is 6.20. The van der Waals surface area contributed by atoms with E-state index in [4.69, 9.17) is 9.47 Å². The minimum Gasteiger partial charge on any atom is -0.493 e. The average molecular weight is 448 g/mol. The summed E-state index contributed by atoms with van der Waals surface area (Å²) < 4.78 is 14.4. The Balaban J connectivity index is 1.33. The van der Waals surface area contributed by atoms with E-state index in [0.717, 1.165) is 42.9 Å². The molecule has 0 aliphatic carbocycles. The van der Waals surface area contributed by atoms with Crippen molar-refractivity contribution in [2.45, 2.75) is 53.5 Å². The number of hydrogen-bond donors (Lipinski definition) is 1. The van der Waals surface area contributed by atoms with E-state index in [9.17, 15) is 0 Å². The van der Waals surface area contributed by atoms with Gasteiger partial charge in [0.25, 0.3) is 0 Å². The van der Waals surface area contributed by atoms with Crippen LogP contribution in [0.2, 0.25) is 0 Å². The molecule has 33 heavy (non-hydrogen) atoms. The number of ether oxygens (including phenoxy) is 2. The molecule has 0 fully saturated rings.